The van der Waals surface area contributed by atoms with Gasteiger partial charge in [-0.15, -0.1) is 13.2 Å². The number of thioether (sulfide) groups is 1. The van der Waals surface area contributed by atoms with Gasteiger partial charge in [-0.1, -0.05) is 63.8 Å². The van der Waals surface area contributed by atoms with Crippen molar-refractivity contribution >= 4 is 46.3 Å². The van der Waals surface area contributed by atoms with Gasteiger partial charge >= 0.3 is 12.3 Å². The van der Waals surface area contributed by atoms with E-state index >= 15 is 0 Å². The number of carbonyl (C=O) groups is 2. The summed E-state index contributed by atoms with van der Waals surface area (Å²) >= 11 is 6.09. The van der Waals surface area contributed by atoms with Crippen molar-refractivity contribution in [1.29, 1.82) is 0 Å². The lowest BCUT2D eigenvalue weighted by atomic mass is 9.62. The number of amides is 1. The molecular weight excluding hydrogens is 535 g/mol. The van der Waals surface area contributed by atoms with Crippen LogP contribution in [0.2, 0.25) is 0 Å². The van der Waals surface area contributed by atoms with E-state index in [1.54, 1.807) is 6.07 Å². The van der Waals surface area contributed by atoms with Crippen molar-refractivity contribution in [2.45, 2.75) is 64.7 Å². The fourth-order valence-electron chi connectivity index (χ4n) is 5.00. The first-order valence-corrected chi connectivity index (χ1v) is 13.2. The minimum atomic E-state index is -4.89. The van der Waals surface area contributed by atoms with Gasteiger partial charge in [0, 0.05) is 5.56 Å². The molecular formula is C28H28F3NO4S2. The summed E-state index contributed by atoms with van der Waals surface area (Å²) in [7, 11) is 0. The van der Waals surface area contributed by atoms with Gasteiger partial charge in [-0.2, -0.15) is 0 Å². The third-order valence-electron chi connectivity index (χ3n) is 7.18. The summed E-state index contributed by atoms with van der Waals surface area (Å²) in [6.45, 7) is 9.95. The Bertz CT molecular complexity index is 1380. The van der Waals surface area contributed by atoms with E-state index in [4.69, 9.17) is 17.3 Å². The highest BCUT2D eigenvalue weighted by atomic mass is 32.2. The van der Waals surface area contributed by atoms with Crippen molar-refractivity contribution < 1.29 is 32.6 Å². The van der Waals surface area contributed by atoms with Crippen LogP contribution in [0.5, 0.6) is 5.75 Å². The number of halogens is 3. The second-order valence-corrected chi connectivity index (χ2v) is 12.6. The molecule has 0 bridgehead atoms. The lowest BCUT2D eigenvalue weighted by molar-refractivity contribution is -0.274. The van der Waals surface area contributed by atoms with E-state index in [2.05, 4.69) is 38.5 Å². The molecule has 38 heavy (non-hydrogen) atoms. The largest absolute Gasteiger partial charge is 0.573 e. The fraction of sp³-hybridized carbons (Fsp3) is 0.393. The third kappa shape index (κ3) is 5.61. The molecule has 1 heterocycles. The minimum Gasteiger partial charge on any atom is -0.480 e. The first kappa shape index (κ1) is 28.2. The predicted octanol–water partition coefficient (Wildman–Crippen LogP) is 7.20. The molecule has 0 aromatic heterocycles. The van der Waals surface area contributed by atoms with Crippen LogP contribution in [-0.4, -0.2) is 39.1 Å². The Morgan fingerprint density at radius 1 is 1.11 bits per heavy atom. The van der Waals surface area contributed by atoms with Gasteiger partial charge in [0.2, 0.25) is 0 Å². The smallest absolute Gasteiger partial charge is 0.480 e. The minimum absolute atomic E-state index is 0.0635. The summed E-state index contributed by atoms with van der Waals surface area (Å²) < 4.78 is 44.6. The van der Waals surface area contributed by atoms with Gasteiger partial charge in [0.1, 0.15) is 16.6 Å². The number of thiocarbonyl (C=S) groups is 1. The van der Waals surface area contributed by atoms with Crippen LogP contribution in [0.3, 0.4) is 0 Å². The van der Waals surface area contributed by atoms with Crippen molar-refractivity contribution in [1.82, 2.24) is 4.90 Å². The molecule has 1 aliphatic carbocycles. The van der Waals surface area contributed by atoms with E-state index in [0.717, 1.165) is 40.6 Å². The molecule has 10 heteroatoms. The summed E-state index contributed by atoms with van der Waals surface area (Å²) in [5, 5.41) is 9.06. The van der Waals surface area contributed by atoms with Crippen LogP contribution in [0, 0.1) is 6.92 Å². The Balaban J connectivity index is 1.86. The average molecular weight is 564 g/mol. The van der Waals surface area contributed by atoms with Crippen LogP contribution in [0.4, 0.5) is 13.2 Å². The summed E-state index contributed by atoms with van der Waals surface area (Å²) in [5.41, 5.74) is 4.19. The number of carbonyl (C=O) groups excluding carboxylic acids is 1. The van der Waals surface area contributed by atoms with Crippen molar-refractivity contribution in [2.24, 2.45) is 0 Å². The molecule has 1 amide bonds. The zero-order valence-electron chi connectivity index (χ0n) is 21.7. The number of fused-ring (bicyclic) bond motifs is 1. The molecule has 1 N–H and O–H groups in total. The number of aliphatic carboxylic acids is 1. The van der Waals surface area contributed by atoms with Crippen molar-refractivity contribution in [3.05, 3.63) is 57.5 Å². The van der Waals surface area contributed by atoms with Crippen molar-refractivity contribution in [2.75, 3.05) is 6.54 Å². The molecule has 1 aliphatic heterocycles. The fourth-order valence-corrected chi connectivity index (χ4v) is 6.25. The zero-order chi connectivity index (χ0) is 28.2. The first-order chi connectivity index (χ1) is 17.5. The standard InChI is InChI=1S/C28H28F3NO4S2/c1-15-10-19-20(27(4,5)9-8-26(19,2)3)13-17(15)18-11-16(6-7-21(18)36-28(29,30)31)12-22-24(35)32(14-23(33)34)25(37)38-22/h6-7,10-13H,8-9,14H2,1-5H3,(H,33,34). The van der Waals surface area contributed by atoms with Crippen LogP contribution >= 0.6 is 24.0 Å². The number of ether oxygens (including phenoxy) is 1. The number of rotatable bonds is 5. The second-order valence-electron chi connectivity index (χ2n) is 10.9. The summed E-state index contributed by atoms with van der Waals surface area (Å²) in [6, 6.07) is 8.25. The molecule has 2 aliphatic rings. The van der Waals surface area contributed by atoms with Crippen LogP contribution < -0.4 is 4.74 Å². The topological polar surface area (TPSA) is 66.8 Å². The molecule has 2 aromatic rings. The number of aryl methyl sites for hydroxylation is 1. The lowest BCUT2D eigenvalue weighted by Crippen LogP contribution is -2.34. The molecule has 0 radical (unpaired) electrons. The molecule has 202 valence electrons. The number of nitrogens with zero attached hydrogens (tertiary/aromatic N) is 1. The van der Waals surface area contributed by atoms with Gasteiger partial charge in [0.15, 0.2) is 0 Å². The molecule has 4 rings (SSSR count). The SMILES string of the molecule is Cc1cc2c(cc1-c1cc(C=C3SC(=S)N(CC(=O)O)C3=O)ccc1OC(F)(F)F)C(C)(C)CCC2(C)C. The van der Waals surface area contributed by atoms with E-state index < -0.39 is 24.8 Å². The number of carboxylic acids is 1. The Morgan fingerprint density at radius 3 is 2.29 bits per heavy atom. The van der Waals surface area contributed by atoms with E-state index in [0.29, 0.717) is 11.1 Å². The average Bonchev–Trinajstić information content (AvgIpc) is 3.04. The zero-order valence-corrected chi connectivity index (χ0v) is 23.3. The highest BCUT2D eigenvalue weighted by Crippen LogP contribution is 2.49. The van der Waals surface area contributed by atoms with Crippen LogP contribution in [0.15, 0.2) is 35.2 Å². The predicted molar refractivity (Wildman–Crippen MR) is 146 cm³/mol. The Labute approximate surface area is 229 Å². The van der Waals surface area contributed by atoms with E-state index in [9.17, 15) is 22.8 Å². The van der Waals surface area contributed by atoms with Crippen LogP contribution in [0.1, 0.15) is 62.8 Å². The van der Waals surface area contributed by atoms with Gasteiger partial charge < -0.3 is 9.84 Å². The number of carboxylic acid groups (broad SMARTS) is 1. The number of hydrogen-bond donors (Lipinski definition) is 1. The quantitative estimate of drug-likeness (QED) is 0.307. The van der Waals surface area contributed by atoms with Crippen LogP contribution in [-0.2, 0) is 20.4 Å². The van der Waals surface area contributed by atoms with Gasteiger partial charge in [0.05, 0.1) is 4.91 Å². The van der Waals surface area contributed by atoms with Crippen molar-refractivity contribution in [3.63, 3.8) is 0 Å². The summed E-state index contributed by atoms with van der Waals surface area (Å²) in [6.07, 6.45) is -1.44. The first-order valence-electron chi connectivity index (χ1n) is 12.0. The Morgan fingerprint density at radius 2 is 1.71 bits per heavy atom. The number of alkyl halides is 3. The molecule has 0 saturated carbocycles. The monoisotopic (exact) mass is 563 g/mol. The number of hydrogen-bond acceptors (Lipinski definition) is 5. The van der Waals surface area contributed by atoms with Gasteiger partial charge in [-0.05, 0) is 82.7 Å². The highest BCUT2D eigenvalue weighted by molar-refractivity contribution is 8.26. The second kappa shape index (κ2) is 9.72. The highest BCUT2D eigenvalue weighted by Gasteiger charge is 2.38. The lowest BCUT2D eigenvalue weighted by Gasteiger charge is -2.42. The van der Waals surface area contributed by atoms with Gasteiger partial charge in [-0.3, -0.25) is 14.5 Å². The van der Waals surface area contributed by atoms with Gasteiger partial charge in [0.25, 0.3) is 5.91 Å². The molecule has 1 saturated heterocycles. The van der Waals surface area contributed by atoms with E-state index in [-0.39, 0.29) is 31.4 Å². The third-order valence-corrected chi connectivity index (χ3v) is 8.56. The maximum Gasteiger partial charge on any atom is 0.573 e. The molecule has 1 fully saturated rings. The molecule has 2 aromatic carbocycles. The maximum absolute atomic E-state index is 13.4. The van der Waals surface area contributed by atoms with Gasteiger partial charge in [-0.25, -0.2) is 0 Å². The number of benzene rings is 2. The Hall–Kier alpha value is -2.85. The molecule has 5 nitrogen and oxygen atoms in total. The maximum atomic E-state index is 13.4. The van der Waals surface area contributed by atoms with Crippen LogP contribution in [0.25, 0.3) is 17.2 Å². The molecule has 0 spiro atoms. The molecule has 0 atom stereocenters. The van der Waals surface area contributed by atoms with Crippen molar-refractivity contribution in [3.8, 4) is 16.9 Å². The van der Waals surface area contributed by atoms with E-state index in [1.165, 1.54) is 23.8 Å². The summed E-state index contributed by atoms with van der Waals surface area (Å²) in [4.78, 5) is 25.0. The molecule has 0 unspecified atom stereocenters. The van der Waals surface area contributed by atoms with E-state index in [1.807, 2.05) is 13.0 Å². The normalized spacial score (nSPS) is 19.6. The summed E-state index contributed by atoms with van der Waals surface area (Å²) in [5.74, 6) is -2.11. The Kier molecular flexibility index (Phi) is 7.20.